The number of ether oxygens (including phenoxy) is 1. The second-order valence-electron chi connectivity index (χ2n) is 10.0. The minimum absolute atomic E-state index is 0.0311. The van der Waals surface area contributed by atoms with Crippen LogP contribution >= 0.6 is 0 Å². The number of carbonyl (C=O) groups excluding carboxylic acids is 2. The lowest BCUT2D eigenvalue weighted by molar-refractivity contribution is -0.132. The quantitative estimate of drug-likeness (QED) is 0.243. The zero-order valence-corrected chi connectivity index (χ0v) is 21.8. The SMILES string of the molecule is Cc1cc(/C(O)=C2\C(=O)C(=O)N(c3ccc(N4CCCC4)cc3)C2c2ccccc2F)ccc1OC(C)C. The van der Waals surface area contributed by atoms with E-state index in [4.69, 9.17) is 4.74 Å². The van der Waals surface area contributed by atoms with Gasteiger partial charge in [-0.3, -0.25) is 14.5 Å². The van der Waals surface area contributed by atoms with Gasteiger partial charge >= 0.3 is 0 Å². The highest BCUT2D eigenvalue weighted by molar-refractivity contribution is 6.51. The molecular formula is C31H31FN2O4. The van der Waals surface area contributed by atoms with E-state index in [-0.39, 0.29) is 23.0 Å². The number of carbonyl (C=O) groups is 2. The molecule has 5 rings (SSSR count). The van der Waals surface area contributed by atoms with E-state index in [1.807, 2.05) is 32.9 Å². The van der Waals surface area contributed by atoms with Crippen LogP contribution in [0.1, 0.15) is 49.4 Å². The molecule has 6 nitrogen and oxygen atoms in total. The van der Waals surface area contributed by atoms with Crippen LogP contribution in [0.25, 0.3) is 5.76 Å². The smallest absolute Gasteiger partial charge is 0.300 e. The summed E-state index contributed by atoms with van der Waals surface area (Å²) < 4.78 is 20.9. The molecule has 196 valence electrons. The summed E-state index contributed by atoms with van der Waals surface area (Å²) in [5.74, 6) is -1.95. The number of benzene rings is 3. The van der Waals surface area contributed by atoms with Crippen molar-refractivity contribution < 1.29 is 23.8 Å². The van der Waals surface area contributed by atoms with Gasteiger partial charge in [-0.25, -0.2) is 4.39 Å². The molecule has 2 aliphatic heterocycles. The predicted molar refractivity (Wildman–Crippen MR) is 146 cm³/mol. The van der Waals surface area contributed by atoms with E-state index in [9.17, 15) is 14.7 Å². The van der Waals surface area contributed by atoms with Gasteiger partial charge < -0.3 is 14.7 Å². The Kier molecular flexibility index (Phi) is 6.93. The van der Waals surface area contributed by atoms with Crippen LogP contribution in [-0.2, 0) is 9.59 Å². The highest BCUT2D eigenvalue weighted by Gasteiger charge is 2.47. The number of aliphatic hydroxyl groups is 1. The van der Waals surface area contributed by atoms with E-state index in [0.717, 1.165) is 37.2 Å². The molecular weight excluding hydrogens is 483 g/mol. The van der Waals surface area contributed by atoms with Crippen molar-refractivity contribution in [1.82, 2.24) is 0 Å². The fourth-order valence-electron chi connectivity index (χ4n) is 5.23. The molecule has 2 heterocycles. The lowest BCUT2D eigenvalue weighted by Gasteiger charge is -2.26. The highest BCUT2D eigenvalue weighted by atomic mass is 19.1. The Balaban J connectivity index is 1.61. The number of halogens is 1. The van der Waals surface area contributed by atoms with Crippen LogP contribution in [0, 0.1) is 12.7 Å². The average molecular weight is 515 g/mol. The summed E-state index contributed by atoms with van der Waals surface area (Å²) in [5, 5.41) is 11.4. The van der Waals surface area contributed by atoms with Crippen molar-refractivity contribution in [2.45, 2.75) is 45.8 Å². The fraction of sp³-hybridized carbons (Fsp3) is 0.290. The number of aryl methyl sites for hydroxylation is 1. The van der Waals surface area contributed by atoms with Crippen LogP contribution in [-0.4, -0.2) is 36.0 Å². The normalized spacial score (nSPS) is 19.0. The van der Waals surface area contributed by atoms with Crippen molar-refractivity contribution in [3.8, 4) is 5.75 Å². The highest BCUT2D eigenvalue weighted by Crippen LogP contribution is 2.43. The molecule has 1 N–H and O–H groups in total. The molecule has 0 radical (unpaired) electrons. The summed E-state index contributed by atoms with van der Waals surface area (Å²) in [4.78, 5) is 30.4. The van der Waals surface area contributed by atoms with Gasteiger partial charge in [0.25, 0.3) is 11.7 Å². The molecule has 3 aromatic carbocycles. The van der Waals surface area contributed by atoms with Crippen LogP contribution in [0.5, 0.6) is 5.75 Å². The second kappa shape index (κ2) is 10.3. The van der Waals surface area contributed by atoms with E-state index >= 15 is 4.39 Å². The van der Waals surface area contributed by atoms with Gasteiger partial charge in [0.2, 0.25) is 0 Å². The number of rotatable bonds is 6. The lowest BCUT2D eigenvalue weighted by Crippen LogP contribution is -2.30. The lowest BCUT2D eigenvalue weighted by atomic mass is 9.94. The van der Waals surface area contributed by atoms with Crippen molar-refractivity contribution in [2.75, 3.05) is 22.9 Å². The largest absolute Gasteiger partial charge is 0.507 e. The Hall–Kier alpha value is -4.13. The number of aliphatic hydroxyl groups excluding tert-OH is 1. The standard InChI is InChI=1S/C31H31FN2O4/c1-19(2)38-26-15-10-21(18-20(26)3)29(35)27-28(24-8-4-5-9-25(24)32)34(31(37)30(27)36)23-13-11-22(12-14-23)33-16-6-7-17-33/h4-5,8-15,18-19,28,35H,6-7,16-17H2,1-3H3/b29-27+. The van der Waals surface area contributed by atoms with Crippen LogP contribution in [0.4, 0.5) is 15.8 Å². The maximum atomic E-state index is 15.2. The van der Waals surface area contributed by atoms with Crippen molar-refractivity contribution in [3.05, 3.63) is 94.8 Å². The summed E-state index contributed by atoms with van der Waals surface area (Å²) >= 11 is 0. The van der Waals surface area contributed by atoms with E-state index < -0.39 is 23.5 Å². The van der Waals surface area contributed by atoms with Crippen molar-refractivity contribution in [1.29, 1.82) is 0 Å². The minimum atomic E-state index is -1.12. The van der Waals surface area contributed by atoms with Gasteiger partial charge in [0.15, 0.2) is 0 Å². The van der Waals surface area contributed by atoms with E-state index in [1.165, 1.54) is 17.0 Å². The molecule has 3 aromatic rings. The molecule has 2 saturated heterocycles. The van der Waals surface area contributed by atoms with Crippen molar-refractivity contribution in [2.24, 2.45) is 0 Å². The molecule has 0 spiro atoms. The number of anilines is 2. The van der Waals surface area contributed by atoms with Crippen molar-refractivity contribution in [3.63, 3.8) is 0 Å². The third-order valence-electron chi connectivity index (χ3n) is 7.05. The number of Topliss-reactive ketones (excluding diaryl/α,β-unsaturated/α-hetero) is 1. The molecule has 0 bridgehead atoms. The van der Waals surface area contributed by atoms with E-state index in [1.54, 1.807) is 42.5 Å². The van der Waals surface area contributed by atoms with E-state index in [2.05, 4.69) is 4.90 Å². The third-order valence-corrected chi connectivity index (χ3v) is 7.05. The first-order valence-electron chi connectivity index (χ1n) is 12.9. The van der Waals surface area contributed by atoms with Crippen molar-refractivity contribution >= 4 is 28.8 Å². The van der Waals surface area contributed by atoms with Crippen LogP contribution in [0.3, 0.4) is 0 Å². The van der Waals surface area contributed by atoms with Gasteiger partial charge in [0.05, 0.1) is 17.7 Å². The third kappa shape index (κ3) is 4.64. The molecule has 1 amide bonds. The Morgan fingerprint density at radius 3 is 2.26 bits per heavy atom. The first-order valence-corrected chi connectivity index (χ1v) is 12.9. The molecule has 1 atom stereocenters. The maximum Gasteiger partial charge on any atom is 0.300 e. The minimum Gasteiger partial charge on any atom is -0.507 e. The van der Waals surface area contributed by atoms with Crippen LogP contribution in [0.2, 0.25) is 0 Å². The molecule has 7 heteroatoms. The summed E-state index contributed by atoms with van der Waals surface area (Å²) in [5.41, 5.74) is 2.58. The van der Waals surface area contributed by atoms with Gasteiger partial charge in [0, 0.05) is 35.6 Å². The molecule has 0 aliphatic carbocycles. The fourth-order valence-corrected chi connectivity index (χ4v) is 5.23. The maximum absolute atomic E-state index is 15.2. The monoisotopic (exact) mass is 514 g/mol. The molecule has 1 unspecified atom stereocenters. The zero-order valence-electron chi connectivity index (χ0n) is 21.8. The second-order valence-corrected chi connectivity index (χ2v) is 10.0. The topological polar surface area (TPSA) is 70.1 Å². The average Bonchev–Trinajstić information content (AvgIpc) is 3.52. The molecule has 2 aliphatic rings. The summed E-state index contributed by atoms with van der Waals surface area (Å²) in [6.45, 7) is 7.62. The number of amides is 1. The zero-order chi connectivity index (χ0) is 27.0. The number of ketones is 1. The number of hydrogen-bond acceptors (Lipinski definition) is 5. The van der Waals surface area contributed by atoms with Gasteiger partial charge in [-0.2, -0.15) is 0 Å². The molecule has 2 fully saturated rings. The number of nitrogens with zero attached hydrogens (tertiary/aromatic N) is 2. The van der Waals surface area contributed by atoms with Gasteiger partial charge in [-0.15, -0.1) is 0 Å². The Morgan fingerprint density at radius 1 is 0.974 bits per heavy atom. The molecule has 0 saturated carbocycles. The summed E-state index contributed by atoms with van der Waals surface area (Å²) in [6.07, 6.45) is 2.23. The summed E-state index contributed by atoms with van der Waals surface area (Å²) in [6, 6.07) is 17.3. The molecule has 38 heavy (non-hydrogen) atoms. The van der Waals surface area contributed by atoms with Crippen LogP contribution < -0.4 is 14.5 Å². The van der Waals surface area contributed by atoms with Crippen LogP contribution in [0.15, 0.2) is 72.3 Å². The predicted octanol–water partition coefficient (Wildman–Crippen LogP) is 6.15. The van der Waals surface area contributed by atoms with Gasteiger partial charge in [-0.1, -0.05) is 18.2 Å². The first-order chi connectivity index (χ1) is 18.3. The molecule has 0 aromatic heterocycles. The first kappa shape index (κ1) is 25.5. The summed E-state index contributed by atoms with van der Waals surface area (Å²) in [7, 11) is 0. The number of hydrogen-bond donors (Lipinski definition) is 1. The Morgan fingerprint density at radius 2 is 1.63 bits per heavy atom. The van der Waals surface area contributed by atoms with Gasteiger partial charge in [0.1, 0.15) is 17.3 Å². The Bertz CT molecular complexity index is 1410. The van der Waals surface area contributed by atoms with Gasteiger partial charge in [-0.05, 0) is 87.7 Å². The Labute approximate surface area is 222 Å². The van der Waals surface area contributed by atoms with E-state index in [0.29, 0.717) is 17.0 Å².